The second kappa shape index (κ2) is 8.79. The van der Waals surface area contributed by atoms with Crippen LogP contribution in [0.1, 0.15) is 44.6 Å². The van der Waals surface area contributed by atoms with Gasteiger partial charge in [0.25, 0.3) is 0 Å². The van der Waals surface area contributed by atoms with E-state index in [9.17, 15) is 9.90 Å². The normalized spacial score (nSPS) is 18.5. The number of nitrogens with zero attached hydrogens (tertiary/aromatic N) is 1. The Morgan fingerprint density at radius 1 is 1.32 bits per heavy atom. The molecule has 0 aromatic heterocycles. The third kappa shape index (κ3) is 5.02. The van der Waals surface area contributed by atoms with Gasteiger partial charge in [0.1, 0.15) is 5.75 Å². The zero-order valence-electron chi connectivity index (χ0n) is 13.6. The first kappa shape index (κ1) is 16.8. The molecular formula is C18H28N2O2. The minimum Gasteiger partial charge on any atom is -0.508 e. The number of carbonyl (C=O) groups is 1. The molecule has 1 amide bonds. The fourth-order valence-electron chi connectivity index (χ4n) is 3.07. The standard InChI is InChI=1S/C18H28N2O2/c1-2-3-4-13-20-14-5-6-17(20)18(22)19-12-11-15-7-9-16(21)10-8-15/h7-10,17,21H,2-6,11-14H2,1H3,(H,19,22)/t17-/m0/s1. The molecule has 1 aliphatic heterocycles. The second-order valence-electron chi connectivity index (χ2n) is 6.11. The first-order valence-corrected chi connectivity index (χ1v) is 8.50. The zero-order chi connectivity index (χ0) is 15.8. The van der Waals surface area contributed by atoms with Gasteiger partial charge < -0.3 is 10.4 Å². The summed E-state index contributed by atoms with van der Waals surface area (Å²) < 4.78 is 0. The van der Waals surface area contributed by atoms with Crippen LogP contribution in [-0.2, 0) is 11.2 Å². The quantitative estimate of drug-likeness (QED) is 0.726. The topological polar surface area (TPSA) is 52.6 Å². The molecular weight excluding hydrogens is 276 g/mol. The molecule has 1 saturated heterocycles. The van der Waals surface area contributed by atoms with E-state index in [0.29, 0.717) is 6.54 Å². The van der Waals surface area contributed by atoms with Crippen LogP contribution in [0, 0.1) is 0 Å². The highest BCUT2D eigenvalue weighted by molar-refractivity contribution is 5.82. The molecule has 0 aliphatic carbocycles. The molecule has 0 spiro atoms. The highest BCUT2D eigenvalue weighted by Gasteiger charge is 2.29. The van der Waals surface area contributed by atoms with E-state index in [1.807, 2.05) is 12.1 Å². The predicted octanol–water partition coefficient (Wildman–Crippen LogP) is 2.71. The molecule has 122 valence electrons. The maximum Gasteiger partial charge on any atom is 0.237 e. The lowest BCUT2D eigenvalue weighted by molar-refractivity contribution is -0.125. The summed E-state index contributed by atoms with van der Waals surface area (Å²) in [5.41, 5.74) is 1.13. The molecule has 4 nitrogen and oxygen atoms in total. The van der Waals surface area contributed by atoms with Crippen molar-refractivity contribution in [3.8, 4) is 5.75 Å². The first-order valence-electron chi connectivity index (χ1n) is 8.50. The van der Waals surface area contributed by atoms with Crippen LogP contribution in [0.3, 0.4) is 0 Å². The average molecular weight is 304 g/mol. The van der Waals surface area contributed by atoms with Crippen LogP contribution in [0.2, 0.25) is 0 Å². The smallest absolute Gasteiger partial charge is 0.237 e. The van der Waals surface area contributed by atoms with E-state index in [1.54, 1.807) is 12.1 Å². The molecule has 0 saturated carbocycles. The lowest BCUT2D eigenvalue weighted by Crippen LogP contribution is -2.44. The summed E-state index contributed by atoms with van der Waals surface area (Å²) >= 11 is 0. The first-order chi connectivity index (χ1) is 10.7. The largest absolute Gasteiger partial charge is 0.508 e. The molecule has 1 atom stereocenters. The van der Waals surface area contributed by atoms with Crippen molar-refractivity contribution in [2.45, 2.75) is 51.5 Å². The molecule has 1 aliphatic rings. The number of hydrogen-bond acceptors (Lipinski definition) is 3. The Morgan fingerprint density at radius 3 is 2.82 bits per heavy atom. The third-order valence-electron chi connectivity index (χ3n) is 4.36. The summed E-state index contributed by atoms with van der Waals surface area (Å²) in [6.45, 7) is 4.96. The number of rotatable bonds is 8. The number of nitrogens with one attached hydrogen (secondary N) is 1. The van der Waals surface area contributed by atoms with Gasteiger partial charge in [-0.05, 0) is 56.5 Å². The number of phenolic OH excluding ortho intramolecular Hbond substituents is 1. The summed E-state index contributed by atoms with van der Waals surface area (Å²) in [7, 11) is 0. The van der Waals surface area contributed by atoms with E-state index >= 15 is 0 Å². The van der Waals surface area contributed by atoms with Crippen LogP contribution in [0.25, 0.3) is 0 Å². The van der Waals surface area contributed by atoms with Crippen LogP contribution in [-0.4, -0.2) is 41.6 Å². The van der Waals surface area contributed by atoms with E-state index in [1.165, 1.54) is 19.3 Å². The number of carbonyl (C=O) groups excluding carboxylic acids is 1. The minimum atomic E-state index is 0.0664. The molecule has 4 heteroatoms. The Kier molecular flexibility index (Phi) is 6.72. The molecule has 1 heterocycles. The summed E-state index contributed by atoms with van der Waals surface area (Å²) in [5, 5.41) is 12.3. The molecule has 2 rings (SSSR count). The number of unbranched alkanes of at least 4 members (excludes halogenated alkanes) is 2. The summed E-state index contributed by atoms with van der Waals surface area (Å²) in [6.07, 6.45) is 6.56. The Morgan fingerprint density at radius 2 is 2.09 bits per heavy atom. The van der Waals surface area contributed by atoms with E-state index < -0.39 is 0 Å². The second-order valence-corrected chi connectivity index (χ2v) is 6.11. The average Bonchev–Trinajstić information content (AvgIpc) is 2.98. The Hall–Kier alpha value is -1.55. The van der Waals surface area contributed by atoms with Gasteiger partial charge in [0.15, 0.2) is 0 Å². The van der Waals surface area contributed by atoms with Gasteiger partial charge >= 0.3 is 0 Å². The van der Waals surface area contributed by atoms with Gasteiger partial charge in [-0.25, -0.2) is 0 Å². The van der Waals surface area contributed by atoms with Crippen molar-refractivity contribution in [1.82, 2.24) is 10.2 Å². The van der Waals surface area contributed by atoms with Crippen LogP contribution >= 0.6 is 0 Å². The van der Waals surface area contributed by atoms with Gasteiger partial charge in [-0.3, -0.25) is 9.69 Å². The van der Waals surface area contributed by atoms with Gasteiger partial charge in [0, 0.05) is 6.54 Å². The molecule has 1 aromatic rings. The summed E-state index contributed by atoms with van der Waals surface area (Å²) in [5.74, 6) is 0.453. The Balaban J connectivity index is 1.72. The molecule has 0 unspecified atom stereocenters. The molecule has 0 radical (unpaired) electrons. The zero-order valence-corrected chi connectivity index (χ0v) is 13.6. The number of benzene rings is 1. The molecule has 1 aromatic carbocycles. The maximum absolute atomic E-state index is 12.3. The number of hydrogen-bond donors (Lipinski definition) is 2. The highest BCUT2D eigenvalue weighted by Crippen LogP contribution is 2.18. The monoisotopic (exact) mass is 304 g/mol. The lowest BCUT2D eigenvalue weighted by Gasteiger charge is -2.23. The summed E-state index contributed by atoms with van der Waals surface area (Å²) in [4.78, 5) is 14.7. The third-order valence-corrected chi connectivity index (χ3v) is 4.36. The minimum absolute atomic E-state index is 0.0664. The SMILES string of the molecule is CCCCCN1CCC[C@H]1C(=O)NCCc1ccc(O)cc1. The van der Waals surface area contributed by atoms with E-state index in [4.69, 9.17) is 0 Å². The Bertz CT molecular complexity index is 459. The summed E-state index contributed by atoms with van der Waals surface area (Å²) in [6, 6.07) is 7.23. The molecule has 2 N–H and O–H groups in total. The fourth-order valence-corrected chi connectivity index (χ4v) is 3.07. The van der Waals surface area contributed by atoms with Gasteiger partial charge in [0.2, 0.25) is 5.91 Å². The highest BCUT2D eigenvalue weighted by atomic mass is 16.3. The predicted molar refractivity (Wildman–Crippen MR) is 88.9 cm³/mol. The Labute approximate surface area is 133 Å². The van der Waals surface area contributed by atoms with Crippen molar-refractivity contribution in [3.05, 3.63) is 29.8 Å². The fraction of sp³-hybridized carbons (Fsp3) is 0.611. The van der Waals surface area contributed by atoms with Crippen molar-refractivity contribution < 1.29 is 9.90 Å². The number of likely N-dealkylation sites (tertiary alicyclic amines) is 1. The van der Waals surface area contributed by atoms with Crippen LogP contribution < -0.4 is 5.32 Å². The van der Waals surface area contributed by atoms with Crippen LogP contribution in [0.4, 0.5) is 0 Å². The van der Waals surface area contributed by atoms with Gasteiger partial charge in [-0.15, -0.1) is 0 Å². The number of phenols is 1. The lowest BCUT2D eigenvalue weighted by atomic mass is 10.1. The molecule has 22 heavy (non-hydrogen) atoms. The van der Waals surface area contributed by atoms with Crippen molar-refractivity contribution >= 4 is 5.91 Å². The number of aromatic hydroxyl groups is 1. The van der Waals surface area contributed by atoms with Gasteiger partial charge in [0.05, 0.1) is 6.04 Å². The van der Waals surface area contributed by atoms with E-state index in [2.05, 4.69) is 17.1 Å². The van der Waals surface area contributed by atoms with E-state index in [0.717, 1.165) is 37.9 Å². The maximum atomic E-state index is 12.3. The number of amides is 1. The van der Waals surface area contributed by atoms with Crippen LogP contribution in [0.15, 0.2) is 24.3 Å². The van der Waals surface area contributed by atoms with Crippen molar-refractivity contribution in [1.29, 1.82) is 0 Å². The van der Waals surface area contributed by atoms with Crippen LogP contribution in [0.5, 0.6) is 5.75 Å². The molecule has 0 bridgehead atoms. The van der Waals surface area contributed by atoms with Crippen molar-refractivity contribution in [2.24, 2.45) is 0 Å². The van der Waals surface area contributed by atoms with E-state index in [-0.39, 0.29) is 17.7 Å². The molecule has 1 fully saturated rings. The van der Waals surface area contributed by atoms with Crippen molar-refractivity contribution in [3.63, 3.8) is 0 Å². The van der Waals surface area contributed by atoms with Gasteiger partial charge in [-0.2, -0.15) is 0 Å². The van der Waals surface area contributed by atoms with Crippen molar-refractivity contribution in [2.75, 3.05) is 19.6 Å². The van der Waals surface area contributed by atoms with Gasteiger partial charge in [-0.1, -0.05) is 31.9 Å².